The molecule has 0 saturated carbocycles. The Morgan fingerprint density at radius 3 is 2.72 bits per heavy atom. The topological polar surface area (TPSA) is 42.4 Å². The summed E-state index contributed by atoms with van der Waals surface area (Å²) in [6, 6.07) is 11.5. The van der Waals surface area contributed by atoms with E-state index in [-0.39, 0.29) is 0 Å². The highest BCUT2D eigenvalue weighted by atomic mass is 16.5. The van der Waals surface area contributed by atoms with Crippen LogP contribution < -0.4 is 4.74 Å². The van der Waals surface area contributed by atoms with Gasteiger partial charge in [-0.2, -0.15) is 0 Å². The van der Waals surface area contributed by atoms with Crippen LogP contribution in [-0.4, -0.2) is 10.1 Å². The number of aliphatic hydroxyl groups excluding tert-OH is 1. The molecule has 0 bridgehead atoms. The number of aliphatic hydroxyl groups is 1. The molecule has 18 heavy (non-hydrogen) atoms. The fourth-order valence-electron chi connectivity index (χ4n) is 1.73. The lowest BCUT2D eigenvalue weighted by atomic mass is 10.1. The van der Waals surface area contributed by atoms with Gasteiger partial charge in [0.15, 0.2) is 0 Å². The van der Waals surface area contributed by atoms with Crippen LogP contribution in [0.3, 0.4) is 0 Å². The molecular formula is C15H17NO2. The molecule has 1 aromatic heterocycles. The van der Waals surface area contributed by atoms with E-state index < -0.39 is 6.10 Å². The van der Waals surface area contributed by atoms with Crippen LogP contribution in [0.25, 0.3) is 0 Å². The molecular weight excluding hydrogens is 226 g/mol. The van der Waals surface area contributed by atoms with Crippen molar-refractivity contribution in [2.45, 2.75) is 26.6 Å². The summed E-state index contributed by atoms with van der Waals surface area (Å²) in [6.07, 6.45) is 1.30. The van der Waals surface area contributed by atoms with Gasteiger partial charge >= 0.3 is 0 Å². The number of aromatic nitrogens is 1. The molecule has 2 aromatic rings. The number of ether oxygens (including phenoxy) is 1. The van der Waals surface area contributed by atoms with Gasteiger partial charge in [-0.3, -0.25) is 4.98 Å². The molecule has 0 aliphatic heterocycles. The molecule has 94 valence electrons. The van der Waals surface area contributed by atoms with Gasteiger partial charge < -0.3 is 9.84 Å². The van der Waals surface area contributed by atoms with Gasteiger partial charge in [-0.15, -0.1) is 0 Å². The summed E-state index contributed by atoms with van der Waals surface area (Å²) in [4.78, 5) is 4.20. The predicted molar refractivity (Wildman–Crippen MR) is 70.4 cm³/mol. The first-order chi connectivity index (χ1) is 8.66. The summed E-state index contributed by atoms with van der Waals surface area (Å²) in [6.45, 7) is 4.18. The third-order valence-electron chi connectivity index (χ3n) is 2.78. The highest BCUT2D eigenvalue weighted by Gasteiger charge is 2.05. The second-order valence-electron chi connectivity index (χ2n) is 4.31. The number of aryl methyl sites for hydroxylation is 1. The molecule has 0 fully saturated rings. The predicted octanol–water partition coefficient (Wildman–Crippen LogP) is 3.02. The van der Waals surface area contributed by atoms with Crippen molar-refractivity contribution >= 4 is 0 Å². The largest absolute Gasteiger partial charge is 0.487 e. The summed E-state index contributed by atoms with van der Waals surface area (Å²) in [5, 5.41) is 9.50. The second-order valence-corrected chi connectivity index (χ2v) is 4.31. The van der Waals surface area contributed by atoms with E-state index in [0.29, 0.717) is 6.61 Å². The van der Waals surface area contributed by atoms with Crippen LogP contribution in [-0.2, 0) is 6.61 Å². The van der Waals surface area contributed by atoms with Crippen molar-refractivity contribution in [3.8, 4) is 5.75 Å². The van der Waals surface area contributed by atoms with Crippen molar-refractivity contribution in [2.24, 2.45) is 0 Å². The molecule has 3 heteroatoms. The first-order valence-corrected chi connectivity index (χ1v) is 5.98. The number of hydrogen-bond donors (Lipinski definition) is 1. The van der Waals surface area contributed by atoms with Gasteiger partial charge in [-0.25, -0.2) is 0 Å². The summed E-state index contributed by atoms with van der Waals surface area (Å²) in [5.41, 5.74) is 2.82. The minimum atomic E-state index is -0.450. The molecule has 3 nitrogen and oxygen atoms in total. The Kier molecular flexibility index (Phi) is 3.95. The first-order valence-electron chi connectivity index (χ1n) is 5.98. The number of rotatable bonds is 4. The lowest BCUT2D eigenvalue weighted by molar-refractivity contribution is 0.199. The van der Waals surface area contributed by atoms with Crippen LogP contribution >= 0.6 is 0 Å². The van der Waals surface area contributed by atoms with Crippen molar-refractivity contribution in [1.82, 2.24) is 4.98 Å². The molecule has 0 amide bonds. The Bertz CT molecular complexity index is 509. The average Bonchev–Trinajstić information content (AvgIpc) is 2.38. The van der Waals surface area contributed by atoms with Crippen LogP contribution in [0.1, 0.15) is 29.8 Å². The van der Waals surface area contributed by atoms with Gasteiger partial charge in [-0.1, -0.05) is 12.1 Å². The van der Waals surface area contributed by atoms with Crippen molar-refractivity contribution in [2.75, 3.05) is 0 Å². The van der Waals surface area contributed by atoms with Gasteiger partial charge in [0.2, 0.25) is 0 Å². The zero-order chi connectivity index (χ0) is 13.0. The Balaban J connectivity index is 2.06. The maximum atomic E-state index is 9.50. The molecule has 0 saturated heterocycles. The summed E-state index contributed by atoms with van der Waals surface area (Å²) in [5.74, 6) is 0.824. The Hall–Kier alpha value is -1.87. The standard InChI is InChI=1S/C15H17NO2/c1-11-9-13(12(2)17)6-7-15(11)18-10-14-5-3-4-8-16-14/h3-9,12,17H,10H2,1-2H3/t12-/m0/s1. The maximum Gasteiger partial charge on any atom is 0.130 e. The normalized spacial score (nSPS) is 12.2. The molecule has 2 rings (SSSR count). The fraction of sp³-hybridized carbons (Fsp3) is 0.267. The van der Waals surface area contributed by atoms with Crippen LogP contribution in [0.2, 0.25) is 0 Å². The quantitative estimate of drug-likeness (QED) is 0.897. The fourth-order valence-corrected chi connectivity index (χ4v) is 1.73. The third kappa shape index (κ3) is 3.08. The summed E-state index contributed by atoms with van der Waals surface area (Å²) >= 11 is 0. The monoisotopic (exact) mass is 243 g/mol. The first kappa shape index (κ1) is 12.6. The van der Waals surface area contributed by atoms with Gasteiger partial charge in [0.25, 0.3) is 0 Å². The molecule has 1 aromatic carbocycles. The van der Waals surface area contributed by atoms with Gasteiger partial charge in [0, 0.05) is 6.20 Å². The minimum Gasteiger partial charge on any atom is -0.487 e. The number of nitrogens with zero attached hydrogens (tertiary/aromatic N) is 1. The van der Waals surface area contributed by atoms with Gasteiger partial charge in [-0.05, 0) is 49.2 Å². The number of benzene rings is 1. The lowest BCUT2D eigenvalue weighted by Crippen LogP contribution is -2.00. The molecule has 1 atom stereocenters. The third-order valence-corrected chi connectivity index (χ3v) is 2.78. The van der Waals surface area contributed by atoms with Gasteiger partial charge in [0.05, 0.1) is 11.8 Å². The van der Waals surface area contributed by atoms with Crippen molar-refractivity contribution in [3.05, 3.63) is 59.4 Å². The van der Waals surface area contributed by atoms with Crippen molar-refractivity contribution in [3.63, 3.8) is 0 Å². The van der Waals surface area contributed by atoms with E-state index in [1.54, 1.807) is 13.1 Å². The van der Waals surface area contributed by atoms with E-state index in [1.807, 2.05) is 43.3 Å². The molecule has 0 radical (unpaired) electrons. The Labute approximate surface area is 107 Å². The second kappa shape index (κ2) is 5.65. The van der Waals surface area contributed by atoms with Crippen LogP contribution in [0.4, 0.5) is 0 Å². The molecule has 1 N–H and O–H groups in total. The SMILES string of the molecule is Cc1cc([C@H](C)O)ccc1OCc1ccccn1. The highest BCUT2D eigenvalue weighted by molar-refractivity contribution is 5.37. The Morgan fingerprint density at radius 1 is 1.28 bits per heavy atom. The van der Waals surface area contributed by atoms with E-state index >= 15 is 0 Å². The summed E-state index contributed by atoms with van der Waals surface area (Å²) in [7, 11) is 0. The lowest BCUT2D eigenvalue weighted by Gasteiger charge is -2.11. The van der Waals surface area contributed by atoms with Gasteiger partial charge in [0.1, 0.15) is 12.4 Å². The average molecular weight is 243 g/mol. The Morgan fingerprint density at radius 2 is 2.11 bits per heavy atom. The molecule has 0 aliphatic carbocycles. The zero-order valence-electron chi connectivity index (χ0n) is 10.6. The smallest absolute Gasteiger partial charge is 0.130 e. The maximum absolute atomic E-state index is 9.50. The highest BCUT2D eigenvalue weighted by Crippen LogP contribution is 2.23. The molecule has 0 unspecified atom stereocenters. The van der Waals surface area contributed by atoms with E-state index in [2.05, 4.69) is 4.98 Å². The molecule has 0 spiro atoms. The minimum absolute atomic E-state index is 0.450. The van der Waals surface area contributed by atoms with Crippen LogP contribution in [0.15, 0.2) is 42.6 Å². The summed E-state index contributed by atoms with van der Waals surface area (Å²) < 4.78 is 5.71. The molecule has 0 aliphatic rings. The van der Waals surface area contributed by atoms with E-state index in [1.165, 1.54) is 0 Å². The number of pyridine rings is 1. The van der Waals surface area contributed by atoms with Crippen LogP contribution in [0.5, 0.6) is 5.75 Å². The zero-order valence-corrected chi connectivity index (χ0v) is 10.6. The van der Waals surface area contributed by atoms with Crippen molar-refractivity contribution < 1.29 is 9.84 Å². The number of hydrogen-bond acceptors (Lipinski definition) is 3. The van der Waals surface area contributed by atoms with E-state index in [4.69, 9.17) is 4.74 Å². The van der Waals surface area contributed by atoms with Crippen LogP contribution in [0, 0.1) is 6.92 Å². The molecule has 1 heterocycles. The van der Waals surface area contributed by atoms with Crippen molar-refractivity contribution in [1.29, 1.82) is 0 Å². The van der Waals surface area contributed by atoms with E-state index in [9.17, 15) is 5.11 Å². The van der Waals surface area contributed by atoms with E-state index in [0.717, 1.165) is 22.6 Å².